The predicted molar refractivity (Wildman–Crippen MR) is 86.2 cm³/mol. The molecule has 0 saturated heterocycles. The second-order valence-corrected chi connectivity index (χ2v) is 8.45. The van der Waals surface area contributed by atoms with Crippen LogP contribution in [-0.4, -0.2) is 37.9 Å². The Morgan fingerprint density at radius 1 is 1.05 bits per heavy atom. The van der Waals surface area contributed by atoms with Gasteiger partial charge in [0.15, 0.2) is 9.84 Å². The normalized spacial score (nSPS) is 27.1. The standard InChI is InChI=1S/C14H26N2O3S.ClH/c15-9-11-5-1-4-8-13(11)16-14(17)10-20(18,19)12-6-2-3-7-12;/h11-13H,1-10,15H2,(H,16,17);1H. The second-order valence-electron chi connectivity index (χ2n) is 6.17. The molecule has 2 rings (SSSR count). The summed E-state index contributed by atoms with van der Waals surface area (Å²) in [5.41, 5.74) is 5.73. The van der Waals surface area contributed by atoms with E-state index in [9.17, 15) is 13.2 Å². The molecule has 0 aromatic rings. The zero-order chi connectivity index (χ0) is 14.6. The summed E-state index contributed by atoms with van der Waals surface area (Å²) in [4.78, 5) is 12.0. The zero-order valence-corrected chi connectivity index (χ0v) is 14.1. The van der Waals surface area contributed by atoms with Crippen LogP contribution >= 0.6 is 12.4 Å². The van der Waals surface area contributed by atoms with Crippen LogP contribution in [0.2, 0.25) is 0 Å². The number of amides is 1. The molecule has 2 unspecified atom stereocenters. The van der Waals surface area contributed by atoms with Gasteiger partial charge in [-0.25, -0.2) is 8.42 Å². The quantitative estimate of drug-likeness (QED) is 0.793. The molecule has 0 spiro atoms. The van der Waals surface area contributed by atoms with Crippen molar-refractivity contribution in [2.45, 2.75) is 62.7 Å². The molecule has 0 radical (unpaired) electrons. The number of hydrogen-bond donors (Lipinski definition) is 2. The van der Waals surface area contributed by atoms with E-state index in [-0.39, 0.29) is 35.4 Å². The fourth-order valence-electron chi connectivity index (χ4n) is 3.48. The first-order valence-electron chi connectivity index (χ1n) is 7.74. The highest BCUT2D eigenvalue weighted by molar-refractivity contribution is 7.92. The SMILES string of the molecule is Cl.NCC1CCCCC1NC(=O)CS(=O)(=O)C1CCCC1. The largest absolute Gasteiger partial charge is 0.352 e. The lowest BCUT2D eigenvalue weighted by molar-refractivity contribution is -0.119. The Labute approximate surface area is 133 Å². The van der Waals surface area contributed by atoms with Crippen LogP contribution in [-0.2, 0) is 14.6 Å². The number of nitrogens with one attached hydrogen (secondary N) is 1. The van der Waals surface area contributed by atoms with Gasteiger partial charge >= 0.3 is 0 Å². The van der Waals surface area contributed by atoms with Crippen LogP contribution in [0.25, 0.3) is 0 Å². The van der Waals surface area contributed by atoms with Crippen molar-refractivity contribution in [2.75, 3.05) is 12.3 Å². The topological polar surface area (TPSA) is 89.3 Å². The Morgan fingerprint density at radius 3 is 2.24 bits per heavy atom. The smallest absolute Gasteiger partial charge is 0.235 e. The molecular formula is C14H27ClN2O3S. The molecule has 7 heteroatoms. The highest BCUT2D eigenvalue weighted by Gasteiger charge is 2.32. The summed E-state index contributed by atoms with van der Waals surface area (Å²) in [5.74, 6) is -0.407. The van der Waals surface area contributed by atoms with Gasteiger partial charge in [-0.1, -0.05) is 25.7 Å². The summed E-state index contributed by atoms with van der Waals surface area (Å²) in [6.45, 7) is 0.556. The monoisotopic (exact) mass is 338 g/mol. The maximum atomic E-state index is 12.2. The molecular weight excluding hydrogens is 312 g/mol. The summed E-state index contributed by atoms with van der Waals surface area (Å²) in [6.07, 6.45) is 7.51. The van der Waals surface area contributed by atoms with Crippen LogP contribution in [0.3, 0.4) is 0 Å². The molecule has 0 heterocycles. The van der Waals surface area contributed by atoms with Gasteiger partial charge in [0.25, 0.3) is 0 Å². The Bertz CT molecular complexity index is 436. The molecule has 2 atom stereocenters. The van der Waals surface area contributed by atoms with Crippen molar-refractivity contribution >= 4 is 28.2 Å². The molecule has 21 heavy (non-hydrogen) atoms. The number of nitrogens with two attached hydrogens (primary N) is 1. The highest BCUT2D eigenvalue weighted by Crippen LogP contribution is 2.26. The summed E-state index contributed by atoms with van der Waals surface area (Å²) in [5, 5.41) is 2.60. The first-order chi connectivity index (χ1) is 9.53. The van der Waals surface area contributed by atoms with E-state index in [1.807, 2.05) is 0 Å². The number of sulfone groups is 1. The van der Waals surface area contributed by atoms with E-state index in [1.165, 1.54) is 0 Å². The van der Waals surface area contributed by atoms with Gasteiger partial charge in [-0.3, -0.25) is 4.79 Å². The first kappa shape index (κ1) is 18.7. The molecule has 2 fully saturated rings. The molecule has 2 saturated carbocycles. The van der Waals surface area contributed by atoms with Gasteiger partial charge in [-0.2, -0.15) is 0 Å². The molecule has 2 aliphatic carbocycles. The van der Waals surface area contributed by atoms with Crippen LogP contribution in [0.4, 0.5) is 0 Å². The van der Waals surface area contributed by atoms with Crippen molar-refractivity contribution < 1.29 is 13.2 Å². The maximum Gasteiger partial charge on any atom is 0.235 e. The number of halogens is 1. The molecule has 1 amide bonds. The summed E-state index contributed by atoms with van der Waals surface area (Å²) in [6, 6.07) is 0.0556. The predicted octanol–water partition coefficient (Wildman–Crippen LogP) is 1.40. The molecule has 0 bridgehead atoms. The second kappa shape index (κ2) is 8.34. The van der Waals surface area contributed by atoms with Crippen LogP contribution in [0, 0.1) is 5.92 Å². The maximum absolute atomic E-state index is 12.2. The molecule has 0 aliphatic heterocycles. The fourth-order valence-corrected chi connectivity index (χ4v) is 5.21. The minimum atomic E-state index is -3.28. The molecule has 5 nitrogen and oxygen atoms in total. The first-order valence-corrected chi connectivity index (χ1v) is 9.45. The zero-order valence-electron chi connectivity index (χ0n) is 12.4. The summed E-state index contributed by atoms with van der Waals surface area (Å²) < 4.78 is 24.3. The average Bonchev–Trinajstić information content (AvgIpc) is 2.93. The van der Waals surface area contributed by atoms with Gasteiger partial charge in [0.1, 0.15) is 5.75 Å². The lowest BCUT2D eigenvalue weighted by atomic mass is 9.84. The van der Waals surface area contributed by atoms with Crippen molar-refractivity contribution in [1.82, 2.24) is 5.32 Å². The fraction of sp³-hybridized carbons (Fsp3) is 0.929. The summed E-state index contributed by atoms with van der Waals surface area (Å²) >= 11 is 0. The van der Waals surface area contributed by atoms with E-state index in [0.29, 0.717) is 25.3 Å². The lowest BCUT2D eigenvalue weighted by Gasteiger charge is -2.31. The minimum Gasteiger partial charge on any atom is -0.352 e. The Morgan fingerprint density at radius 2 is 1.62 bits per heavy atom. The van der Waals surface area contributed by atoms with Gasteiger partial charge in [0, 0.05) is 6.04 Å². The third-order valence-electron chi connectivity index (χ3n) is 4.70. The lowest BCUT2D eigenvalue weighted by Crippen LogP contribution is -2.47. The van der Waals surface area contributed by atoms with Crippen molar-refractivity contribution in [3.05, 3.63) is 0 Å². The Balaban J connectivity index is 0.00000220. The number of rotatable bonds is 5. The Kier molecular flexibility index (Phi) is 7.44. The third kappa shape index (κ3) is 5.11. The molecule has 2 aliphatic rings. The van der Waals surface area contributed by atoms with Gasteiger partial charge in [0.05, 0.1) is 5.25 Å². The number of hydrogen-bond acceptors (Lipinski definition) is 4. The van der Waals surface area contributed by atoms with Crippen molar-refractivity contribution in [1.29, 1.82) is 0 Å². The third-order valence-corrected chi connectivity index (χ3v) is 6.85. The summed E-state index contributed by atoms with van der Waals surface area (Å²) in [7, 11) is -3.28. The van der Waals surface area contributed by atoms with E-state index in [4.69, 9.17) is 5.73 Å². The van der Waals surface area contributed by atoms with Crippen molar-refractivity contribution in [2.24, 2.45) is 11.7 Å². The van der Waals surface area contributed by atoms with Crippen molar-refractivity contribution in [3.8, 4) is 0 Å². The van der Waals surface area contributed by atoms with E-state index in [0.717, 1.165) is 38.5 Å². The van der Waals surface area contributed by atoms with Gasteiger partial charge < -0.3 is 11.1 Å². The highest BCUT2D eigenvalue weighted by atomic mass is 35.5. The molecule has 0 aromatic heterocycles. The van der Waals surface area contributed by atoms with E-state index >= 15 is 0 Å². The van der Waals surface area contributed by atoms with Gasteiger partial charge in [-0.05, 0) is 38.1 Å². The molecule has 0 aromatic carbocycles. The van der Waals surface area contributed by atoms with Crippen molar-refractivity contribution in [3.63, 3.8) is 0 Å². The molecule has 124 valence electrons. The van der Waals surface area contributed by atoms with Crippen LogP contribution in [0.15, 0.2) is 0 Å². The van der Waals surface area contributed by atoms with Crippen LogP contribution < -0.4 is 11.1 Å². The number of carbonyl (C=O) groups is 1. The van der Waals surface area contributed by atoms with E-state index in [2.05, 4.69) is 5.32 Å². The van der Waals surface area contributed by atoms with Gasteiger partial charge in [0.2, 0.25) is 5.91 Å². The Hall–Kier alpha value is -0.330. The molecule has 3 N–H and O–H groups in total. The minimum absolute atomic E-state index is 0. The van der Waals surface area contributed by atoms with Crippen LogP contribution in [0.1, 0.15) is 51.4 Å². The number of carbonyl (C=O) groups excluding carboxylic acids is 1. The average molecular weight is 339 g/mol. The van der Waals surface area contributed by atoms with Gasteiger partial charge in [-0.15, -0.1) is 12.4 Å². The van der Waals surface area contributed by atoms with E-state index < -0.39 is 9.84 Å². The van der Waals surface area contributed by atoms with E-state index in [1.54, 1.807) is 0 Å². The van der Waals surface area contributed by atoms with Crippen LogP contribution in [0.5, 0.6) is 0 Å².